The molecule has 0 saturated carbocycles. The van der Waals surface area contributed by atoms with Crippen molar-refractivity contribution in [2.24, 2.45) is 5.92 Å². The first kappa shape index (κ1) is 10.6. The number of rotatable bonds is 2. The molecule has 0 radical (unpaired) electrons. The average Bonchev–Trinajstić information content (AvgIpc) is 2.02. The first-order valence-corrected chi connectivity index (χ1v) is 4.40. The minimum absolute atomic E-state index is 0.0428. The fourth-order valence-corrected chi connectivity index (χ4v) is 1.36. The van der Waals surface area contributed by atoms with Crippen molar-refractivity contribution in [1.82, 2.24) is 0 Å². The highest BCUT2D eigenvalue weighted by atomic mass is 19.1. The smallest absolute Gasteiger partial charge is 0.126 e. The highest BCUT2D eigenvalue weighted by Crippen LogP contribution is 2.24. The van der Waals surface area contributed by atoms with E-state index in [1.54, 1.807) is 0 Å². The lowest BCUT2D eigenvalue weighted by Gasteiger charge is -2.13. The Morgan fingerprint density at radius 1 is 1.14 bits per heavy atom. The standard InChI is InChI=1S/C11H11F2N/c1-7(2)11(6-14)8-3-9(12)5-10(13)4-8/h3-5,7,11H,1-2H3. The molecule has 0 aliphatic heterocycles. The monoisotopic (exact) mass is 195 g/mol. The molecule has 0 saturated heterocycles. The van der Waals surface area contributed by atoms with Gasteiger partial charge in [0.1, 0.15) is 11.6 Å². The van der Waals surface area contributed by atoms with E-state index < -0.39 is 17.6 Å². The topological polar surface area (TPSA) is 23.8 Å². The van der Waals surface area contributed by atoms with E-state index in [2.05, 4.69) is 0 Å². The molecule has 1 aromatic carbocycles. The van der Waals surface area contributed by atoms with Crippen molar-refractivity contribution in [3.8, 4) is 6.07 Å². The molecule has 0 spiro atoms. The third-order valence-electron chi connectivity index (χ3n) is 2.05. The molecule has 0 heterocycles. The minimum Gasteiger partial charge on any atom is -0.207 e. The van der Waals surface area contributed by atoms with Gasteiger partial charge in [-0.15, -0.1) is 0 Å². The minimum atomic E-state index is -0.638. The van der Waals surface area contributed by atoms with Crippen LogP contribution >= 0.6 is 0 Å². The van der Waals surface area contributed by atoms with Gasteiger partial charge in [-0.3, -0.25) is 0 Å². The van der Waals surface area contributed by atoms with E-state index in [0.29, 0.717) is 5.56 Å². The van der Waals surface area contributed by atoms with Gasteiger partial charge >= 0.3 is 0 Å². The first-order chi connectivity index (χ1) is 6.54. The van der Waals surface area contributed by atoms with E-state index in [1.807, 2.05) is 19.9 Å². The van der Waals surface area contributed by atoms with Gasteiger partial charge in [-0.2, -0.15) is 5.26 Å². The Labute approximate surface area is 82.0 Å². The summed E-state index contributed by atoms with van der Waals surface area (Å²) in [4.78, 5) is 0. The van der Waals surface area contributed by atoms with E-state index >= 15 is 0 Å². The Bertz CT molecular complexity index is 346. The van der Waals surface area contributed by atoms with Crippen molar-refractivity contribution in [2.45, 2.75) is 19.8 Å². The molecule has 0 aromatic heterocycles. The summed E-state index contributed by atoms with van der Waals surface area (Å²) in [5.74, 6) is -1.69. The average molecular weight is 195 g/mol. The molecule has 74 valence electrons. The number of hydrogen-bond acceptors (Lipinski definition) is 1. The third-order valence-corrected chi connectivity index (χ3v) is 2.05. The van der Waals surface area contributed by atoms with Crippen molar-refractivity contribution in [2.75, 3.05) is 0 Å². The van der Waals surface area contributed by atoms with Gasteiger partial charge in [0.15, 0.2) is 0 Å². The molecule has 14 heavy (non-hydrogen) atoms. The Balaban J connectivity index is 3.12. The summed E-state index contributed by atoms with van der Waals surface area (Å²) in [5, 5.41) is 8.84. The highest BCUT2D eigenvalue weighted by molar-refractivity contribution is 5.26. The van der Waals surface area contributed by atoms with E-state index in [4.69, 9.17) is 5.26 Å². The van der Waals surface area contributed by atoms with Gasteiger partial charge in [0.25, 0.3) is 0 Å². The molecule has 0 aliphatic rings. The Hall–Kier alpha value is -1.43. The molecule has 0 aliphatic carbocycles. The molecule has 0 bridgehead atoms. The fraction of sp³-hybridized carbons (Fsp3) is 0.364. The lowest BCUT2D eigenvalue weighted by molar-refractivity contribution is 0.554. The molecular formula is C11H11F2N. The lowest BCUT2D eigenvalue weighted by atomic mass is 9.90. The van der Waals surface area contributed by atoms with Gasteiger partial charge in [0, 0.05) is 6.07 Å². The van der Waals surface area contributed by atoms with Gasteiger partial charge in [0.05, 0.1) is 12.0 Å². The molecule has 1 rings (SSSR count). The fourth-order valence-electron chi connectivity index (χ4n) is 1.36. The maximum Gasteiger partial charge on any atom is 0.126 e. The van der Waals surface area contributed by atoms with Crippen LogP contribution in [-0.2, 0) is 0 Å². The van der Waals surface area contributed by atoms with Crippen LogP contribution in [0.4, 0.5) is 8.78 Å². The number of halogens is 2. The van der Waals surface area contributed by atoms with Gasteiger partial charge in [-0.05, 0) is 23.6 Å². The van der Waals surface area contributed by atoms with Crippen molar-refractivity contribution in [3.63, 3.8) is 0 Å². The normalized spacial score (nSPS) is 12.6. The number of nitriles is 1. The van der Waals surface area contributed by atoms with E-state index in [1.165, 1.54) is 12.1 Å². The summed E-state index contributed by atoms with van der Waals surface area (Å²) in [6.07, 6.45) is 0. The molecule has 3 heteroatoms. The molecule has 1 nitrogen and oxygen atoms in total. The number of benzene rings is 1. The predicted octanol–water partition coefficient (Wildman–Crippen LogP) is 3.23. The van der Waals surface area contributed by atoms with E-state index in [9.17, 15) is 8.78 Å². The molecule has 0 N–H and O–H groups in total. The van der Waals surface area contributed by atoms with Crippen LogP contribution < -0.4 is 0 Å². The van der Waals surface area contributed by atoms with Gasteiger partial charge in [-0.25, -0.2) is 8.78 Å². The zero-order chi connectivity index (χ0) is 10.7. The third kappa shape index (κ3) is 2.29. The second-order valence-corrected chi connectivity index (χ2v) is 3.55. The van der Waals surface area contributed by atoms with Crippen LogP contribution in [0.25, 0.3) is 0 Å². The molecule has 0 fully saturated rings. The zero-order valence-electron chi connectivity index (χ0n) is 8.09. The number of nitrogens with zero attached hydrogens (tertiary/aromatic N) is 1. The van der Waals surface area contributed by atoms with Gasteiger partial charge in [-0.1, -0.05) is 13.8 Å². The Morgan fingerprint density at radius 3 is 2.00 bits per heavy atom. The summed E-state index contributed by atoms with van der Waals surface area (Å²) in [5.41, 5.74) is 0.403. The quantitative estimate of drug-likeness (QED) is 0.710. The van der Waals surface area contributed by atoms with Crippen LogP contribution in [0.1, 0.15) is 25.3 Å². The van der Waals surface area contributed by atoms with E-state index in [0.717, 1.165) is 6.07 Å². The van der Waals surface area contributed by atoms with Gasteiger partial charge in [0.2, 0.25) is 0 Å². The van der Waals surface area contributed by atoms with E-state index in [-0.39, 0.29) is 5.92 Å². The largest absolute Gasteiger partial charge is 0.207 e. The molecule has 1 atom stereocenters. The van der Waals surface area contributed by atoms with Crippen LogP contribution in [0.15, 0.2) is 18.2 Å². The highest BCUT2D eigenvalue weighted by Gasteiger charge is 2.16. The summed E-state index contributed by atoms with van der Waals surface area (Å²) in [6.45, 7) is 3.69. The van der Waals surface area contributed by atoms with Crippen LogP contribution in [-0.4, -0.2) is 0 Å². The van der Waals surface area contributed by atoms with Crippen molar-refractivity contribution in [1.29, 1.82) is 5.26 Å². The lowest BCUT2D eigenvalue weighted by Crippen LogP contribution is -2.04. The molecule has 1 unspecified atom stereocenters. The number of hydrogen-bond donors (Lipinski definition) is 0. The summed E-state index contributed by atoms with van der Waals surface area (Å²) in [6, 6.07) is 5.25. The van der Waals surface area contributed by atoms with Crippen LogP contribution in [0.5, 0.6) is 0 Å². The second-order valence-electron chi connectivity index (χ2n) is 3.55. The van der Waals surface area contributed by atoms with Crippen LogP contribution in [0.3, 0.4) is 0 Å². The van der Waals surface area contributed by atoms with Gasteiger partial charge < -0.3 is 0 Å². The maximum absolute atomic E-state index is 12.8. The molecule has 1 aromatic rings. The van der Waals surface area contributed by atoms with Crippen LogP contribution in [0.2, 0.25) is 0 Å². The second kappa shape index (κ2) is 4.19. The summed E-state index contributed by atoms with van der Waals surface area (Å²) >= 11 is 0. The van der Waals surface area contributed by atoms with Crippen molar-refractivity contribution in [3.05, 3.63) is 35.4 Å². The Morgan fingerprint density at radius 2 is 1.64 bits per heavy atom. The SMILES string of the molecule is CC(C)C(C#N)c1cc(F)cc(F)c1. The first-order valence-electron chi connectivity index (χ1n) is 4.40. The maximum atomic E-state index is 12.8. The summed E-state index contributed by atoms with van der Waals surface area (Å²) < 4.78 is 25.7. The molecular weight excluding hydrogens is 184 g/mol. The van der Waals surface area contributed by atoms with Crippen molar-refractivity contribution >= 4 is 0 Å². The summed E-state index contributed by atoms with van der Waals surface area (Å²) in [7, 11) is 0. The molecule has 0 amide bonds. The van der Waals surface area contributed by atoms with Crippen molar-refractivity contribution < 1.29 is 8.78 Å². The zero-order valence-corrected chi connectivity index (χ0v) is 8.09. The Kier molecular flexibility index (Phi) is 3.19. The van der Waals surface area contributed by atoms with Crippen LogP contribution in [0, 0.1) is 28.9 Å². The predicted molar refractivity (Wildman–Crippen MR) is 49.6 cm³/mol.